The molecule has 4 rings (SSSR count). The van der Waals surface area contributed by atoms with Crippen molar-refractivity contribution in [2.45, 2.75) is 32.9 Å². The molecule has 2 aromatic rings. The maximum Gasteiger partial charge on any atom is 0.222 e. The van der Waals surface area contributed by atoms with Gasteiger partial charge in [-0.3, -0.25) is 4.79 Å². The molecule has 0 aromatic heterocycles. The number of rotatable bonds is 3. The molecular formula is C22H24N2O. The fourth-order valence-electron chi connectivity index (χ4n) is 3.78. The fourth-order valence-corrected chi connectivity index (χ4v) is 3.78. The van der Waals surface area contributed by atoms with Crippen LogP contribution in [0.3, 0.4) is 0 Å². The molecule has 2 aliphatic rings. The van der Waals surface area contributed by atoms with Gasteiger partial charge in [-0.05, 0) is 40.8 Å². The molecule has 2 aromatic carbocycles. The van der Waals surface area contributed by atoms with Gasteiger partial charge < -0.3 is 9.80 Å². The van der Waals surface area contributed by atoms with Crippen molar-refractivity contribution in [1.29, 1.82) is 0 Å². The number of hydrogen-bond donors (Lipinski definition) is 0. The number of carbonyl (C=O) groups is 1. The highest BCUT2D eigenvalue weighted by Crippen LogP contribution is 2.30. The summed E-state index contributed by atoms with van der Waals surface area (Å²) in [5.74, 6) is 0.249. The summed E-state index contributed by atoms with van der Waals surface area (Å²) in [7, 11) is 0. The number of benzene rings is 2. The number of carbonyl (C=O) groups excluding carboxylic acids is 1. The molecule has 0 saturated carbocycles. The van der Waals surface area contributed by atoms with Gasteiger partial charge in [0.2, 0.25) is 5.91 Å². The summed E-state index contributed by atoms with van der Waals surface area (Å²) in [4.78, 5) is 16.2. The Bertz CT molecular complexity index is 782. The van der Waals surface area contributed by atoms with Gasteiger partial charge in [0.05, 0.1) is 0 Å². The third kappa shape index (κ3) is 3.19. The summed E-state index contributed by atoms with van der Waals surface area (Å²) >= 11 is 0. The topological polar surface area (TPSA) is 23.6 Å². The van der Waals surface area contributed by atoms with E-state index in [1.807, 2.05) is 11.8 Å². The first kappa shape index (κ1) is 15.9. The standard InChI is InChI=1S/C22H24N2O/c1-2-22(25)23-13-11-18(12-14-23)17-7-9-21(10-8-17)24-15-19-5-3-4-6-20(19)16-24/h3-11H,2,12-16H2,1H3. The Morgan fingerprint density at radius 2 is 1.68 bits per heavy atom. The van der Waals surface area contributed by atoms with E-state index in [1.54, 1.807) is 0 Å². The minimum atomic E-state index is 0.249. The Morgan fingerprint density at radius 1 is 1.00 bits per heavy atom. The quantitative estimate of drug-likeness (QED) is 0.839. The first-order chi connectivity index (χ1) is 12.2. The fraction of sp³-hybridized carbons (Fsp3) is 0.318. The molecular weight excluding hydrogens is 308 g/mol. The van der Waals surface area contributed by atoms with Gasteiger partial charge in [-0.25, -0.2) is 0 Å². The van der Waals surface area contributed by atoms with Crippen molar-refractivity contribution in [3.63, 3.8) is 0 Å². The summed E-state index contributed by atoms with van der Waals surface area (Å²) < 4.78 is 0. The average Bonchev–Trinajstić information content (AvgIpc) is 3.12. The van der Waals surface area contributed by atoms with Crippen LogP contribution in [0.2, 0.25) is 0 Å². The van der Waals surface area contributed by atoms with Gasteiger partial charge in [0.15, 0.2) is 0 Å². The molecule has 0 radical (unpaired) electrons. The van der Waals surface area contributed by atoms with Crippen molar-refractivity contribution in [3.8, 4) is 0 Å². The Kier molecular flexibility index (Phi) is 4.31. The number of amides is 1. The van der Waals surface area contributed by atoms with Crippen LogP contribution < -0.4 is 4.90 Å². The zero-order valence-electron chi connectivity index (χ0n) is 14.7. The van der Waals surface area contributed by atoms with Crippen molar-refractivity contribution in [2.24, 2.45) is 0 Å². The Balaban J connectivity index is 1.45. The molecule has 0 atom stereocenters. The van der Waals surface area contributed by atoms with Crippen LogP contribution in [-0.4, -0.2) is 23.9 Å². The van der Waals surface area contributed by atoms with Crippen molar-refractivity contribution in [1.82, 2.24) is 4.90 Å². The molecule has 25 heavy (non-hydrogen) atoms. The molecule has 0 unspecified atom stereocenters. The maximum absolute atomic E-state index is 11.8. The summed E-state index contributed by atoms with van der Waals surface area (Å²) in [6.07, 6.45) is 3.74. The summed E-state index contributed by atoms with van der Waals surface area (Å²) in [6.45, 7) is 5.49. The van der Waals surface area contributed by atoms with Gasteiger partial charge in [0.25, 0.3) is 0 Å². The first-order valence-electron chi connectivity index (χ1n) is 9.13. The monoisotopic (exact) mass is 332 g/mol. The van der Waals surface area contributed by atoms with Crippen LogP contribution in [0.15, 0.2) is 54.6 Å². The molecule has 3 nitrogen and oxygen atoms in total. The predicted molar refractivity (Wildman–Crippen MR) is 102 cm³/mol. The van der Waals surface area contributed by atoms with E-state index in [0.29, 0.717) is 6.42 Å². The number of hydrogen-bond acceptors (Lipinski definition) is 2. The maximum atomic E-state index is 11.8. The lowest BCUT2D eigenvalue weighted by Gasteiger charge is -2.26. The Morgan fingerprint density at radius 3 is 2.24 bits per heavy atom. The number of anilines is 1. The normalized spacial score (nSPS) is 16.6. The SMILES string of the molecule is CCC(=O)N1CC=C(c2ccc(N3Cc4ccccc4C3)cc2)CC1. The minimum Gasteiger partial charge on any atom is -0.363 e. The molecule has 0 saturated heterocycles. The van der Waals surface area contributed by atoms with E-state index in [4.69, 9.17) is 0 Å². The van der Waals surface area contributed by atoms with Gasteiger partial charge in [0.1, 0.15) is 0 Å². The van der Waals surface area contributed by atoms with Crippen molar-refractivity contribution < 1.29 is 4.79 Å². The molecule has 0 N–H and O–H groups in total. The van der Waals surface area contributed by atoms with Crippen LogP contribution in [0.1, 0.15) is 36.5 Å². The van der Waals surface area contributed by atoms with Gasteiger partial charge in [-0.15, -0.1) is 0 Å². The zero-order chi connectivity index (χ0) is 17.2. The summed E-state index contributed by atoms with van der Waals surface area (Å²) in [6, 6.07) is 17.6. The van der Waals surface area contributed by atoms with Crippen molar-refractivity contribution >= 4 is 17.2 Å². The lowest BCUT2D eigenvalue weighted by atomic mass is 9.99. The van der Waals surface area contributed by atoms with E-state index in [1.165, 1.54) is 28.0 Å². The highest BCUT2D eigenvalue weighted by atomic mass is 16.2. The van der Waals surface area contributed by atoms with E-state index in [9.17, 15) is 4.79 Å². The van der Waals surface area contributed by atoms with Crippen LogP contribution >= 0.6 is 0 Å². The summed E-state index contributed by atoms with van der Waals surface area (Å²) in [5.41, 5.74) is 6.78. The molecule has 2 heterocycles. The van der Waals surface area contributed by atoms with Crippen molar-refractivity contribution in [2.75, 3.05) is 18.0 Å². The lowest BCUT2D eigenvalue weighted by molar-refractivity contribution is -0.130. The molecule has 128 valence electrons. The second kappa shape index (κ2) is 6.75. The second-order valence-electron chi connectivity index (χ2n) is 6.84. The van der Waals surface area contributed by atoms with E-state index in [0.717, 1.165) is 32.6 Å². The van der Waals surface area contributed by atoms with Crippen LogP contribution in [0.4, 0.5) is 5.69 Å². The highest BCUT2D eigenvalue weighted by Gasteiger charge is 2.19. The Hall–Kier alpha value is -2.55. The van der Waals surface area contributed by atoms with Crippen LogP contribution in [-0.2, 0) is 17.9 Å². The van der Waals surface area contributed by atoms with Gasteiger partial charge in [-0.2, -0.15) is 0 Å². The number of nitrogens with zero attached hydrogens (tertiary/aromatic N) is 2. The van der Waals surface area contributed by atoms with Gasteiger partial charge >= 0.3 is 0 Å². The van der Waals surface area contributed by atoms with E-state index >= 15 is 0 Å². The van der Waals surface area contributed by atoms with Crippen LogP contribution in [0, 0.1) is 0 Å². The molecule has 3 heteroatoms. The Labute approximate surface area is 149 Å². The molecule has 0 aliphatic carbocycles. The van der Waals surface area contributed by atoms with Gasteiger partial charge in [0, 0.05) is 38.3 Å². The van der Waals surface area contributed by atoms with Gasteiger partial charge in [-0.1, -0.05) is 49.4 Å². The lowest BCUT2D eigenvalue weighted by Crippen LogP contribution is -2.34. The zero-order valence-corrected chi connectivity index (χ0v) is 14.7. The van der Waals surface area contributed by atoms with E-state index in [-0.39, 0.29) is 5.91 Å². The smallest absolute Gasteiger partial charge is 0.222 e. The van der Waals surface area contributed by atoms with Crippen LogP contribution in [0.25, 0.3) is 5.57 Å². The third-order valence-corrected chi connectivity index (χ3v) is 5.31. The van der Waals surface area contributed by atoms with E-state index in [2.05, 4.69) is 59.5 Å². The minimum absolute atomic E-state index is 0.249. The largest absolute Gasteiger partial charge is 0.363 e. The molecule has 0 fully saturated rings. The van der Waals surface area contributed by atoms with Crippen LogP contribution in [0.5, 0.6) is 0 Å². The molecule has 0 spiro atoms. The third-order valence-electron chi connectivity index (χ3n) is 5.31. The van der Waals surface area contributed by atoms with E-state index < -0.39 is 0 Å². The average molecular weight is 332 g/mol. The molecule has 2 aliphatic heterocycles. The predicted octanol–water partition coefficient (Wildman–Crippen LogP) is 4.23. The highest BCUT2D eigenvalue weighted by molar-refractivity contribution is 5.78. The molecule has 0 bridgehead atoms. The van der Waals surface area contributed by atoms with Crippen molar-refractivity contribution in [3.05, 3.63) is 71.3 Å². The molecule has 1 amide bonds. The number of fused-ring (bicyclic) bond motifs is 1. The summed E-state index contributed by atoms with van der Waals surface area (Å²) in [5, 5.41) is 0. The first-order valence-corrected chi connectivity index (χ1v) is 9.13. The second-order valence-corrected chi connectivity index (χ2v) is 6.84.